The van der Waals surface area contributed by atoms with Crippen molar-refractivity contribution in [2.24, 2.45) is 0 Å². The predicted octanol–water partition coefficient (Wildman–Crippen LogP) is 4.18. The molecule has 0 spiro atoms. The summed E-state index contributed by atoms with van der Waals surface area (Å²) < 4.78 is 24.6. The van der Waals surface area contributed by atoms with Crippen molar-refractivity contribution in [3.8, 4) is 0 Å². The fraction of sp³-hybridized carbons (Fsp3) is 0.364. The van der Waals surface area contributed by atoms with Crippen molar-refractivity contribution in [3.05, 3.63) is 65.5 Å². The molecule has 0 heterocycles. The molecule has 0 radical (unpaired) electrons. The minimum Gasteiger partial charge on any atom is -0.444 e. The molecule has 2 aromatic carbocycles. The molecule has 0 aliphatic heterocycles. The van der Waals surface area contributed by atoms with Crippen molar-refractivity contribution >= 4 is 17.7 Å². The number of hydrogen-bond acceptors (Lipinski definition) is 4. The van der Waals surface area contributed by atoms with Gasteiger partial charge >= 0.3 is 6.09 Å². The quantitative estimate of drug-likeness (QED) is 0.728. The van der Waals surface area contributed by atoms with E-state index >= 15 is 0 Å². The molecular weight excluding hydrogens is 375 g/mol. The lowest BCUT2D eigenvalue weighted by Gasteiger charge is -2.23. The zero-order valence-electron chi connectivity index (χ0n) is 17.1. The van der Waals surface area contributed by atoms with Gasteiger partial charge in [0.1, 0.15) is 17.5 Å². The van der Waals surface area contributed by atoms with Crippen molar-refractivity contribution in [2.75, 3.05) is 11.9 Å². The zero-order chi connectivity index (χ0) is 21.4. The average molecular weight is 402 g/mol. The third-order valence-electron chi connectivity index (χ3n) is 3.93. The highest BCUT2D eigenvalue weighted by atomic mass is 19.1. The van der Waals surface area contributed by atoms with Crippen LogP contribution in [0.4, 0.5) is 14.9 Å². The van der Waals surface area contributed by atoms with Crippen molar-refractivity contribution in [2.45, 2.75) is 45.9 Å². The lowest BCUT2D eigenvalue weighted by molar-refractivity contribution is -0.119. The largest absolute Gasteiger partial charge is 0.444 e. The van der Waals surface area contributed by atoms with Crippen LogP contribution in [0.2, 0.25) is 0 Å². The van der Waals surface area contributed by atoms with E-state index in [2.05, 4.69) is 10.6 Å². The van der Waals surface area contributed by atoms with Crippen LogP contribution >= 0.6 is 0 Å². The number of ether oxygens (including phenoxy) is 2. The second-order valence-corrected chi connectivity index (χ2v) is 7.60. The summed E-state index contributed by atoms with van der Waals surface area (Å²) in [6, 6.07) is 12.8. The molecular formula is C22H27FN2O4. The molecule has 0 bridgehead atoms. The first kappa shape index (κ1) is 22.4. The first-order valence-electron chi connectivity index (χ1n) is 9.33. The molecule has 7 heteroatoms. The first-order chi connectivity index (χ1) is 13.7. The average Bonchev–Trinajstić information content (AvgIpc) is 2.64. The summed E-state index contributed by atoms with van der Waals surface area (Å²) in [5, 5.41) is 5.16. The van der Waals surface area contributed by atoms with Gasteiger partial charge in [0.15, 0.2) is 0 Å². The van der Waals surface area contributed by atoms with Gasteiger partial charge in [-0.15, -0.1) is 0 Å². The van der Waals surface area contributed by atoms with Gasteiger partial charge in [0, 0.05) is 11.3 Å². The Bertz CT molecular complexity index is 834. The summed E-state index contributed by atoms with van der Waals surface area (Å²) in [5.74, 6) is -0.961. The molecule has 2 N–H and O–H groups in total. The van der Waals surface area contributed by atoms with E-state index in [1.54, 1.807) is 33.8 Å². The maximum Gasteiger partial charge on any atom is 0.408 e. The Morgan fingerprint density at radius 2 is 1.76 bits per heavy atom. The van der Waals surface area contributed by atoms with Gasteiger partial charge < -0.3 is 20.1 Å². The van der Waals surface area contributed by atoms with Gasteiger partial charge in [-0.3, -0.25) is 4.79 Å². The second kappa shape index (κ2) is 10.0. The van der Waals surface area contributed by atoms with Gasteiger partial charge in [0.05, 0.1) is 13.2 Å². The standard InChI is InChI=1S/C22H27FN2O4/c1-15-17(23)11-8-12-18(15)24-20(26)19(25-21(27)29-22(2,3)4)14-28-13-16-9-6-5-7-10-16/h5-12,19H,13-14H2,1-4H3,(H,24,26)(H,25,27)/t19-/m0/s1. The number of carbonyl (C=O) groups excluding carboxylic acids is 2. The Hall–Kier alpha value is -2.93. The number of amides is 2. The number of anilines is 1. The molecule has 0 fully saturated rings. The Kier molecular flexibility index (Phi) is 7.73. The Labute approximate surface area is 170 Å². The van der Waals surface area contributed by atoms with Crippen molar-refractivity contribution in [3.63, 3.8) is 0 Å². The number of benzene rings is 2. The Morgan fingerprint density at radius 1 is 1.07 bits per heavy atom. The van der Waals surface area contributed by atoms with Crippen LogP contribution in [0.1, 0.15) is 31.9 Å². The van der Waals surface area contributed by atoms with Crippen molar-refractivity contribution < 1.29 is 23.5 Å². The predicted molar refractivity (Wildman–Crippen MR) is 109 cm³/mol. The Morgan fingerprint density at radius 3 is 2.41 bits per heavy atom. The van der Waals surface area contributed by atoms with E-state index in [1.165, 1.54) is 12.1 Å². The Balaban J connectivity index is 2.06. The molecule has 1 atom stereocenters. The van der Waals surface area contributed by atoms with Crippen LogP contribution in [0, 0.1) is 12.7 Å². The molecule has 0 saturated carbocycles. The van der Waals surface area contributed by atoms with Crippen molar-refractivity contribution in [1.29, 1.82) is 0 Å². The highest BCUT2D eigenvalue weighted by Gasteiger charge is 2.25. The molecule has 2 aromatic rings. The molecule has 2 amide bonds. The van der Waals surface area contributed by atoms with E-state index in [-0.39, 0.29) is 13.2 Å². The fourth-order valence-corrected chi connectivity index (χ4v) is 2.46. The summed E-state index contributed by atoms with van der Waals surface area (Å²) in [6.45, 7) is 6.94. The van der Waals surface area contributed by atoms with E-state index in [0.717, 1.165) is 5.56 Å². The first-order valence-corrected chi connectivity index (χ1v) is 9.33. The van der Waals surface area contributed by atoms with E-state index in [4.69, 9.17) is 9.47 Å². The smallest absolute Gasteiger partial charge is 0.408 e. The van der Waals surface area contributed by atoms with Crippen LogP contribution in [0.5, 0.6) is 0 Å². The molecule has 2 rings (SSSR count). The summed E-state index contributed by atoms with van der Waals surface area (Å²) >= 11 is 0. The normalized spacial score (nSPS) is 12.2. The van der Waals surface area contributed by atoms with Gasteiger partial charge in [-0.2, -0.15) is 0 Å². The summed E-state index contributed by atoms with van der Waals surface area (Å²) in [6.07, 6.45) is -0.739. The number of rotatable bonds is 7. The molecule has 0 aliphatic carbocycles. The number of hydrogen-bond donors (Lipinski definition) is 2. The van der Waals surface area contributed by atoms with Gasteiger partial charge in [0.2, 0.25) is 5.91 Å². The van der Waals surface area contributed by atoms with E-state index in [9.17, 15) is 14.0 Å². The van der Waals surface area contributed by atoms with Crippen LogP contribution in [0.15, 0.2) is 48.5 Å². The number of alkyl carbamates (subject to hydrolysis) is 1. The maximum atomic E-state index is 13.8. The van der Waals surface area contributed by atoms with Gasteiger partial charge in [-0.1, -0.05) is 36.4 Å². The lowest BCUT2D eigenvalue weighted by Crippen LogP contribution is -2.48. The topological polar surface area (TPSA) is 76.7 Å². The minimum atomic E-state index is -1.02. The van der Waals surface area contributed by atoms with Crippen LogP contribution < -0.4 is 10.6 Å². The minimum absolute atomic E-state index is 0.0751. The van der Waals surface area contributed by atoms with Crippen LogP contribution in [0.25, 0.3) is 0 Å². The summed E-state index contributed by atoms with van der Waals surface area (Å²) in [7, 11) is 0. The van der Waals surface area contributed by atoms with E-state index < -0.39 is 29.5 Å². The third-order valence-corrected chi connectivity index (χ3v) is 3.93. The molecule has 6 nitrogen and oxygen atoms in total. The molecule has 0 aliphatic rings. The number of halogens is 1. The SMILES string of the molecule is Cc1c(F)cccc1NC(=O)[C@H](COCc1ccccc1)NC(=O)OC(C)(C)C. The van der Waals surface area contributed by atoms with Gasteiger partial charge in [-0.05, 0) is 45.4 Å². The second-order valence-electron chi connectivity index (χ2n) is 7.60. The van der Waals surface area contributed by atoms with Crippen LogP contribution in [-0.2, 0) is 20.9 Å². The molecule has 156 valence electrons. The van der Waals surface area contributed by atoms with Gasteiger partial charge in [-0.25, -0.2) is 9.18 Å². The summed E-state index contributed by atoms with van der Waals surface area (Å²) in [5.41, 5.74) is 0.857. The molecule has 0 unspecified atom stereocenters. The zero-order valence-corrected chi connectivity index (χ0v) is 17.1. The maximum absolute atomic E-state index is 13.8. The van der Waals surface area contributed by atoms with E-state index in [1.807, 2.05) is 30.3 Å². The number of carbonyl (C=O) groups is 2. The highest BCUT2D eigenvalue weighted by molar-refractivity contribution is 5.97. The van der Waals surface area contributed by atoms with Crippen LogP contribution in [0.3, 0.4) is 0 Å². The lowest BCUT2D eigenvalue weighted by atomic mass is 10.1. The fourth-order valence-electron chi connectivity index (χ4n) is 2.46. The molecule has 0 saturated heterocycles. The third kappa shape index (κ3) is 7.54. The van der Waals surface area contributed by atoms with E-state index in [0.29, 0.717) is 11.3 Å². The van der Waals surface area contributed by atoms with Gasteiger partial charge in [0.25, 0.3) is 0 Å². The van der Waals surface area contributed by atoms with Crippen LogP contribution in [-0.4, -0.2) is 30.3 Å². The number of nitrogens with one attached hydrogen (secondary N) is 2. The van der Waals surface area contributed by atoms with Crippen molar-refractivity contribution in [1.82, 2.24) is 5.32 Å². The monoisotopic (exact) mass is 402 g/mol. The summed E-state index contributed by atoms with van der Waals surface area (Å²) in [4.78, 5) is 24.9. The molecule has 29 heavy (non-hydrogen) atoms. The molecule has 0 aromatic heterocycles. The highest BCUT2D eigenvalue weighted by Crippen LogP contribution is 2.18.